The number of hydrogen-bond acceptors (Lipinski definition) is 4. The average Bonchev–Trinajstić information content (AvgIpc) is 2.81. The molecule has 0 spiro atoms. The Bertz CT molecular complexity index is 571. The van der Waals surface area contributed by atoms with Gasteiger partial charge in [0, 0.05) is 13.2 Å². The summed E-state index contributed by atoms with van der Waals surface area (Å²) in [5.74, 6) is -0.923. The standard InChI is InChI=1S/C11H13N3O2S/c1-4-8-7(5-14(3)13-8)10-12-6(2)9(17-10)11(15)16/h5H,4H2,1-3H3,(H,15,16). The van der Waals surface area contributed by atoms with Gasteiger partial charge in [0.2, 0.25) is 0 Å². The van der Waals surface area contributed by atoms with E-state index in [2.05, 4.69) is 10.1 Å². The third-order valence-corrected chi connectivity index (χ3v) is 3.64. The van der Waals surface area contributed by atoms with E-state index in [0.29, 0.717) is 10.6 Å². The molecule has 0 aliphatic heterocycles. The molecule has 5 nitrogen and oxygen atoms in total. The van der Waals surface area contributed by atoms with Crippen molar-refractivity contribution in [3.8, 4) is 10.6 Å². The summed E-state index contributed by atoms with van der Waals surface area (Å²) in [5, 5.41) is 14.1. The van der Waals surface area contributed by atoms with Crippen LogP contribution in [0, 0.1) is 6.92 Å². The first-order chi connectivity index (χ1) is 8.02. The van der Waals surface area contributed by atoms with E-state index >= 15 is 0 Å². The van der Waals surface area contributed by atoms with Gasteiger partial charge in [0.25, 0.3) is 0 Å². The van der Waals surface area contributed by atoms with Crippen LogP contribution in [-0.2, 0) is 13.5 Å². The molecular weight excluding hydrogens is 238 g/mol. The normalized spacial score (nSPS) is 10.8. The molecule has 2 rings (SSSR count). The minimum atomic E-state index is -0.923. The number of rotatable bonds is 3. The number of aromatic nitrogens is 3. The molecule has 0 aromatic carbocycles. The van der Waals surface area contributed by atoms with Crippen molar-refractivity contribution in [3.05, 3.63) is 22.5 Å². The van der Waals surface area contributed by atoms with Gasteiger partial charge in [-0.05, 0) is 13.3 Å². The van der Waals surface area contributed by atoms with Gasteiger partial charge in [-0.2, -0.15) is 5.10 Å². The molecule has 2 heterocycles. The molecule has 0 aliphatic rings. The zero-order valence-corrected chi connectivity index (χ0v) is 10.7. The van der Waals surface area contributed by atoms with Crippen molar-refractivity contribution < 1.29 is 9.90 Å². The Labute approximate surface area is 103 Å². The molecule has 2 aromatic rings. The quantitative estimate of drug-likeness (QED) is 0.907. The highest BCUT2D eigenvalue weighted by Gasteiger charge is 2.18. The number of aryl methyl sites for hydroxylation is 3. The molecule has 0 saturated carbocycles. The highest BCUT2D eigenvalue weighted by molar-refractivity contribution is 7.17. The van der Waals surface area contributed by atoms with Crippen LogP contribution in [0.25, 0.3) is 10.6 Å². The smallest absolute Gasteiger partial charge is 0.347 e. The average molecular weight is 251 g/mol. The fourth-order valence-corrected chi connectivity index (χ4v) is 2.62. The summed E-state index contributed by atoms with van der Waals surface area (Å²) in [7, 11) is 1.85. The van der Waals surface area contributed by atoms with Gasteiger partial charge in [-0.3, -0.25) is 4.68 Å². The number of carbonyl (C=O) groups is 1. The Kier molecular flexibility index (Phi) is 2.97. The fraction of sp³-hybridized carbons (Fsp3) is 0.364. The molecule has 0 saturated heterocycles. The van der Waals surface area contributed by atoms with Crippen molar-refractivity contribution in [1.29, 1.82) is 0 Å². The number of carboxylic acids is 1. The number of carboxylic acid groups (broad SMARTS) is 1. The molecule has 0 unspecified atom stereocenters. The maximum absolute atomic E-state index is 11.0. The van der Waals surface area contributed by atoms with Gasteiger partial charge in [-0.25, -0.2) is 9.78 Å². The summed E-state index contributed by atoms with van der Waals surface area (Å²) >= 11 is 1.20. The van der Waals surface area contributed by atoms with Gasteiger partial charge in [0.1, 0.15) is 9.88 Å². The Hall–Kier alpha value is -1.69. The predicted octanol–water partition coefficient (Wildman–Crippen LogP) is 2.11. The Morgan fingerprint density at radius 3 is 2.82 bits per heavy atom. The van der Waals surface area contributed by atoms with E-state index in [-0.39, 0.29) is 0 Å². The Morgan fingerprint density at radius 2 is 2.29 bits per heavy atom. The molecular formula is C11H13N3O2S. The van der Waals surface area contributed by atoms with Crippen LogP contribution in [0.3, 0.4) is 0 Å². The van der Waals surface area contributed by atoms with Crippen molar-refractivity contribution in [1.82, 2.24) is 14.8 Å². The first-order valence-electron chi connectivity index (χ1n) is 5.26. The van der Waals surface area contributed by atoms with E-state index in [9.17, 15) is 4.79 Å². The van der Waals surface area contributed by atoms with Gasteiger partial charge in [0.05, 0.1) is 17.0 Å². The van der Waals surface area contributed by atoms with Gasteiger partial charge in [-0.15, -0.1) is 11.3 Å². The van der Waals surface area contributed by atoms with Crippen LogP contribution >= 0.6 is 11.3 Å². The topological polar surface area (TPSA) is 68.0 Å². The van der Waals surface area contributed by atoms with Crippen LogP contribution in [0.5, 0.6) is 0 Å². The minimum absolute atomic E-state index is 0.297. The van der Waals surface area contributed by atoms with E-state index in [1.807, 2.05) is 20.2 Å². The second-order valence-electron chi connectivity index (χ2n) is 3.76. The molecule has 17 heavy (non-hydrogen) atoms. The summed E-state index contributed by atoms with van der Waals surface area (Å²) in [5.41, 5.74) is 2.43. The first kappa shape index (κ1) is 11.8. The molecule has 0 aliphatic carbocycles. The summed E-state index contributed by atoms with van der Waals surface area (Å²) in [6.45, 7) is 3.73. The van der Waals surface area contributed by atoms with Crippen LogP contribution in [0.2, 0.25) is 0 Å². The van der Waals surface area contributed by atoms with Crippen molar-refractivity contribution in [3.63, 3.8) is 0 Å². The molecule has 1 N–H and O–H groups in total. The van der Waals surface area contributed by atoms with Gasteiger partial charge < -0.3 is 5.11 Å². The van der Waals surface area contributed by atoms with E-state index < -0.39 is 5.97 Å². The lowest BCUT2D eigenvalue weighted by Crippen LogP contribution is -1.94. The third-order valence-electron chi connectivity index (χ3n) is 2.46. The zero-order chi connectivity index (χ0) is 12.6. The van der Waals surface area contributed by atoms with Crippen molar-refractivity contribution >= 4 is 17.3 Å². The predicted molar refractivity (Wildman–Crippen MR) is 65.4 cm³/mol. The minimum Gasteiger partial charge on any atom is -0.477 e. The molecule has 2 aromatic heterocycles. The van der Waals surface area contributed by atoms with Gasteiger partial charge >= 0.3 is 5.97 Å². The monoisotopic (exact) mass is 251 g/mol. The fourth-order valence-electron chi connectivity index (χ4n) is 1.68. The molecule has 0 atom stereocenters. The second kappa shape index (κ2) is 4.29. The van der Waals surface area contributed by atoms with Crippen LogP contribution in [-0.4, -0.2) is 25.8 Å². The highest BCUT2D eigenvalue weighted by Crippen LogP contribution is 2.30. The van der Waals surface area contributed by atoms with E-state index in [1.165, 1.54) is 11.3 Å². The number of aromatic carboxylic acids is 1. The highest BCUT2D eigenvalue weighted by atomic mass is 32.1. The van der Waals surface area contributed by atoms with Crippen LogP contribution in [0.15, 0.2) is 6.20 Å². The maximum atomic E-state index is 11.0. The number of nitrogens with zero attached hydrogens (tertiary/aromatic N) is 3. The van der Waals surface area contributed by atoms with Crippen molar-refractivity contribution in [2.45, 2.75) is 20.3 Å². The lowest BCUT2D eigenvalue weighted by atomic mass is 10.2. The Balaban J connectivity index is 2.53. The van der Waals surface area contributed by atoms with E-state index in [4.69, 9.17) is 5.11 Å². The second-order valence-corrected chi connectivity index (χ2v) is 4.75. The van der Waals surface area contributed by atoms with Crippen LogP contribution in [0.1, 0.15) is 28.0 Å². The van der Waals surface area contributed by atoms with Crippen molar-refractivity contribution in [2.75, 3.05) is 0 Å². The van der Waals surface area contributed by atoms with E-state index in [1.54, 1.807) is 11.6 Å². The number of hydrogen-bond donors (Lipinski definition) is 1. The molecule has 6 heteroatoms. The molecule has 0 fully saturated rings. The first-order valence-corrected chi connectivity index (χ1v) is 6.08. The molecule has 90 valence electrons. The summed E-state index contributed by atoms with van der Waals surface area (Å²) < 4.78 is 1.73. The maximum Gasteiger partial charge on any atom is 0.347 e. The van der Waals surface area contributed by atoms with Crippen LogP contribution < -0.4 is 0 Å². The van der Waals surface area contributed by atoms with Gasteiger partial charge in [-0.1, -0.05) is 6.92 Å². The lowest BCUT2D eigenvalue weighted by molar-refractivity contribution is 0.0701. The van der Waals surface area contributed by atoms with Crippen LogP contribution in [0.4, 0.5) is 0 Å². The lowest BCUT2D eigenvalue weighted by Gasteiger charge is -1.92. The molecule has 0 amide bonds. The van der Waals surface area contributed by atoms with E-state index in [0.717, 1.165) is 22.7 Å². The SMILES string of the molecule is CCc1nn(C)cc1-c1nc(C)c(C(=O)O)s1. The van der Waals surface area contributed by atoms with Gasteiger partial charge in [0.15, 0.2) is 0 Å². The number of thiazole rings is 1. The Morgan fingerprint density at radius 1 is 1.59 bits per heavy atom. The van der Waals surface area contributed by atoms with Crippen molar-refractivity contribution in [2.24, 2.45) is 7.05 Å². The largest absolute Gasteiger partial charge is 0.477 e. The third kappa shape index (κ3) is 2.08. The summed E-state index contributed by atoms with van der Waals surface area (Å²) in [4.78, 5) is 15.6. The molecule has 0 bridgehead atoms. The summed E-state index contributed by atoms with van der Waals surface area (Å²) in [6, 6.07) is 0. The zero-order valence-electron chi connectivity index (χ0n) is 9.89. The summed E-state index contributed by atoms with van der Waals surface area (Å²) in [6.07, 6.45) is 2.68. The molecule has 0 radical (unpaired) electrons.